The Kier molecular flexibility index (Phi) is 7.01. The lowest BCUT2D eigenvalue weighted by Gasteiger charge is -2.40. The number of benzene rings is 2. The van der Waals surface area contributed by atoms with E-state index in [1.807, 2.05) is 12.3 Å². The van der Waals surface area contributed by atoms with Gasteiger partial charge in [-0.1, -0.05) is 67.6 Å². The highest BCUT2D eigenvalue weighted by molar-refractivity contribution is 5.81. The first kappa shape index (κ1) is 22.2. The van der Waals surface area contributed by atoms with Gasteiger partial charge in [-0.2, -0.15) is 0 Å². The van der Waals surface area contributed by atoms with Crippen molar-refractivity contribution in [3.8, 4) is 11.1 Å². The number of likely N-dealkylation sites (tertiary alicyclic amines) is 1. The molecule has 1 atom stereocenters. The lowest BCUT2D eigenvalue weighted by molar-refractivity contribution is -0.130. The zero-order valence-corrected chi connectivity index (χ0v) is 18.9. The van der Waals surface area contributed by atoms with Crippen LogP contribution >= 0.6 is 0 Å². The van der Waals surface area contributed by atoms with Gasteiger partial charge in [0.1, 0.15) is 0 Å². The van der Waals surface area contributed by atoms with Crippen LogP contribution in [0.5, 0.6) is 0 Å². The molecule has 1 saturated heterocycles. The molecule has 0 radical (unpaired) electrons. The van der Waals surface area contributed by atoms with Crippen molar-refractivity contribution in [1.29, 1.82) is 0 Å². The van der Waals surface area contributed by atoms with Gasteiger partial charge < -0.3 is 10.6 Å². The summed E-state index contributed by atoms with van der Waals surface area (Å²) in [5.41, 5.74) is 10.3. The minimum atomic E-state index is -0.463. The number of hydrogen-bond donors (Lipinski definition) is 1. The van der Waals surface area contributed by atoms with Gasteiger partial charge in [0, 0.05) is 12.4 Å². The topological polar surface area (TPSA) is 59.2 Å². The molecule has 3 aromatic rings. The molecule has 2 aromatic carbocycles. The summed E-state index contributed by atoms with van der Waals surface area (Å²) >= 11 is 0. The van der Waals surface area contributed by atoms with Crippen LogP contribution in [-0.4, -0.2) is 35.4 Å². The van der Waals surface area contributed by atoms with Crippen molar-refractivity contribution in [2.24, 2.45) is 11.1 Å². The first-order valence-electron chi connectivity index (χ1n) is 11.6. The number of primary amides is 1. The lowest BCUT2D eigenvalue weighted by Crippen LogP contribution is -2.48. The molecule has 1 unspecified atom stereocenters. The first-order chi connectivity index (χ1) is 15.6. The molecule has 1 fully saturated rings. The van der Waals surface area contributed by atoms with Gasteiger partial charge in [-0.3, -0.25) is 9.78 Å². The Hall–Kier alpha value is -2.98. The van der Waals surface area contributed by atoms with Crippen LogP contribution in [0.3, 0.4) is 0 Å². The molecule has 1 aliphatic heterocycles. The second kappa shape index (κ2) is 10.1. The molecule has 2 heterocycles. The number of hydrogen-bond acceptors (Lipinski definition) is 3. The van der Waals surface area contributed by atoms with E-state index in [0.29, 0.717) is 12.3 Å². The van der Waals surface area contributed by atoms with Crippen molar-refractivity contribution in [2.45, 2.75) is 38.5 Å². The van der Waals surface area contributed by atoms with E-state index in [2.05, 4.69) is 77.5 Å². The smallest absolute Gasteiger partial charge is 0.224 e. The number of rotatable bonds is 8. The Morgan fingerprint density at radius 3 is 2.47 bits per heavy atom. The number of carbonyl (C=O) groups excluding carboxylic acids is 1. The van der Waals surface area contributed by atoms with Crippen LogP contribution in [0.2, 0.25) is 0 Å². The second-order valence-electron chi connectivity index (χ2n) is 9.21. The van der Waals surface area contributed by atoms with E-state index in [0.717, 1.165) is 55.6 Å². The van der Waals surface area contributed by atoms with Crippen molar-refractivity contribution >= 4 is 5.91 Å². The van der Waals surface area contributed by atoms with Crippen molar-refractivity contribution in [3.05, 3.63) is 90.3 Å². The Morgan fingerprint density at radius 1 is 1.03 bits per heavy atom. The van der Waals surface area contributed by atoms with E-state index in [1.165, 1.54) is 5.56 Å². The van der Waals surface area contributed by atoms with Crippen LogP contribution in [0.4, 0.5) is 0 Å². The maximum absolute atomic E-state index is 12.6. The normalized spacial score (nSPS) is 17.0. The van der Waals surface area contributed by atoms with E-state index in [9.17, 15) is 4.79 Å². The van der Waals surface area contributed by atoms with Gasteiger partial charge in [0.25, 0.3) is 0 Å². The molecular weight excluding hydrogens is 394 g/mol. The Morgan fingerprint density at radius 2 is 1.78 bits per heavy atom. The van der Waals surface area contributed by atoms with E-state index < -0.39 is 5.41 Å². The average molecular weight is 428 g/mol. The van der Waals surface area contributed by atoms with Gasteiger partial charge in [-0.15, -0.1) is 0 Å². The van der Waals surface area contributed by atoms with Crippen LogP contribution in [0.1, 0.15) is 43.2 Å². The van der Waals surface area contributed by atoms with E-state index in [-0.39, 0.29) is 5.91 Å². The SMILES string of the molecule is CC(CCN1CCC(Cc2cccc(-c3cccnc3)c2)(C(N)=O)CC1)c1ccccc1. The molecule has 0 bridgehead atoms. The molecule has 0 aliphatic carbocycles. The maximum Gasteiger partial charge on any atom is 0.224 e. The third kappa shape index (κ3) is 5.25. The van der Waals surface area contributed by atoms with Crippen LogP contribution in [0.15, 0.2) is 79.1 Å². The van der Waals surface area contributed by atoms with Crippen LogP contribution in [0.25, 0.3) is 11.1 Å². The molecule has 32 heavy (non-hydrogen) atoms. The number of aromatic nitrogens is 1. The van der Waals surface area contributed by atoms with Crippen LogP contribution < -0.4 is 5.73 Å². The Balaban J connectivity index is 1.38. The lowest BCUT2D eigenvalue weighted by atomic mass is 9.73. The number of pyridine rings is 1. The number of carbonyl (C=O) groups is 1. The third-order valence-corrected chi connectivity index (χ3v) is 7.05. The fourth-order valence-corrected chi connectivity index (χ4v) is 4.82. The monoisotopic (exact) mass is 427 g/mol. The van der Waals surface area contributed by atoms with E-state index >= 15 is 0 Å². The minimum Gasteiger partial charge on any atom is -0.369 e. The predicted octanol–water partition coefficient (Wildman–Crippen LogP) is 5.05. The molecule has 0 saturated carbocycles. The van der Waals surface area contributed by atoms with Gasteiger partial charge in [0.15, 0.2) is 0 Å². The van der Waals surface area contributed by atoms with Gasteiger partial charge in [0.05, 0.1) is 5.41 Å². The fourth-order valence-electron chi connectivity index (χ4n) is 4.82. The van der Waals surface area contributed by atoms with Crippen LogP contribution in [0, 0.1) is 5.41 Å². The summed E-state index contributed by atoms with van der Waals surface area (Å²) in [6.07, 6.45) is 7.12. The molecule has 4 heteroatoms. The molecule has 0 spiro atoms. The average Bonchev–Trinajstić information content (AvgIpc) is 2.84. The molecule has 166 valence electrons. The largest absolute Gasteiger partial charge is 0.369 e. The molecule has 1 aliphatic rings. The van der Waals surface area contributed by atoms with Gasteiger partial charge in [-0.25, -0.2) is 0 Å². The summed E-state index contributed by atoms with van der Waals surface area (Å²) in [7, 11) is 0. The first-order valence-corrected chi connectivity index (χ1v) is 11.6. The molecule has 1 aromatic heterocycles. The number of nitrogens with two attached hydrogens (primary N) is 1. The summed E-state index contributed by atoms with van der Waals surface area (Å²) in [6.45, 7) is 5.20. The predicted molar refractivity (Wildman–Crippen MR) is 130 cm³/mol. The van der Waals surface area contributed by atoms with E-state index in [1.54, 1.807) is 6.20 Å². The number of amides is 1. The third-order valence-electron chi connectivity index (χ3n) is 7.05. The second-order valence-corrected chi connectivity index (χ2v) is 9.21. The summed E-state index contributed by atoms with van der Waals surface area (Å²) in [5.74, 6) is 0.371. The molecule has 4 rings (SSSR count). The van der Waals surface area contributed by atoms with Crippen molar-refractivity contribution in [3.63, 3.8) is 0 Å². The van der Waals surface area contributed by atoms with Crippen LogP contribution in [-0.2, 0) is 11.2 Å². The maximum atomic E-state index is 12.6. The number of nitrogens with zero attached hydrogens (tertiary/aromatic N) is 2. The molecule has 2 N–H and O–H groups in total. The summed E-state index contributed by atoms with van der Waals surface area (Å²) in [6, 6.07) is 23.1. The summed E-state index contributed by atoms with van der Waals surface area (Å²) in [5, 5.41) is 0. The summed E-state index contributed by atoms with van der Waals surface area (Å²) in [4.78, 5) is 19.3. The highest BCUT2D eigenvalue weighted by Crippen LogP contribution is 2.36. The van der Waals surface area contributed by atoms with E-state index in [4.69, 9.17) is 5.73 Å². The Labute approximate surface area is 191 Å². The fraction of sp³-hybridized carbons (Fsp3) is 0.357. The highest BCUT2D eigenvalue weighted by atomic mass is 16.1. The number of piperidine rings is 1. The highest BCUT2D eigenvalue weighted by Gasteiger charge is 2.39. The van der Waals surface area contributed by atoms with Gasteiger partial charge in [0.2, 0.25) is 5.91 Å². The van der Waals surface area contributed by atoms with Crippen molar-refractivity contribution in [1.82, 2.24) is 9.88 Å². The quantitative estimate of drug-likeness (QED) is 0.547. The van der Waals surface area contributed by atoms with Crippen molar-refractivity contribution in [2.75, 3.05) is 19.6 Å². The molecule has 4 nitrogen and oxygen atoms in total. The van der Waals surface area contributed by atoms with Gasteiger partial charge >= 0.3 is 0 Å². The molecule has 1 amide bonds. The standard InChI is InChI=1S/C28H33N3O/c1-22(24-8-3-2-4-9-24)12-16-31-17-13-28(14-18-31,27(29)32)20-23-7-5-10-25(19-23)26-11-6-15-30-21-26/h2-11,15,19,21-22H,12-14,16-18,20H2,1H3,(H2,29,32). The van der Waals surface area contributed by atoms with Gasteiger partial charge in [-0.05, 0) is 79.6 Å². The minimum absolute atomic E-state index is 0.165. The Bertz CT molecular complexity index is 1010. The molecular formula is C28H33N3O. The zero-order valence-electron chi connectivity index (χ0n) is 18.9. The summed E-state index contributed by atoms with van der Waals surface area (Å²) < 4.78 is 0. The van der Waals surface area contributed by atoms with Crippen molar-refractivity contribution < 1.29 is 4.79 Å². The zero-order chi connectivity index (χ0) is 22.4.